The Hall–Kier alpha value is -3.23. The standard InChI is InChI=1S/C19H14Cl2N4O4/c20-13-3-1-12(2-4-13)16-6-8-18(26)24(23-16)10-9-22-19(27)15-11-14(21)5-7-17(15)25(28)29/h1-8,11H,9-10H2,(H,22,27). The van der Waals surface area contributed by atoms with Gasteiger partial charge in [-0.2, -0.15) is 5.10 Å². The number of nitrogens with zero attached hydrogens (tertiary/aromatic N) is 3. The van der Waals surface area contributed by atoms with Crippen molar-refractivity contribution in [1.82, 2.24) is 15.1 Å². The van der Waals surface area contributed by atoms with Crippen molar-refractivity contribution in [3.05, 3.63) is 90.7 Å². The van der Waals surface area contributed by atoms with Crippen molar-refractivity contribution in [2.45, 2.75) is 6.54 Å². The minimum absolute atomic E-state index is 0.0411. The van der Waals surface area contributed by atoms with Gasteiger partial charge in [0.05, 0.1) is 17.2 Å². The van der Waals surface area contributed by atoms with E-state index in [1.54, 1.807) is 30.3 Å². The minimum Gasteiger partial charge on any atom is -0.350 e. The predicted molar refractivity (Wildman–Crippen MR) is 109 cm³/mol. The second-order valence-corrected chi connectivity index (χ2v) is 6.83. The monoisotopic (exact) mass is 432 g/mol. The van der Waals surface area contributed by atoms with Crippen molar-refractivity contribution in [1.29, 1.82) is 0 Å². The first-order valence-corrected chi connectivity index (χ1v) is 9.17. The molecule has 0 bridgehead atoms. The molecule has 1 aromatic heterocycles. The summed E-state index contributed by atoms with van der Waals surface area (Å²) in [6.07, 6.45) is 0. The first kappa shape index (κ1) is 20.5. The molecule has 1 N–H and O–H groups in total. The van der Waals surface area contributed by atoms with Gasteiger partial charge in [0.2, 0.25) is 0 Å². The highest BCUT2D eigenvalue weighted by Crippen LogP contribution is 2.22. The highest BCUT2D eigenvalue weighted by molar-refractivity contribution is 6.31. The molecule has 0 spiro atoms. The van der Waals surface area contributed by atoms with E-state index in [-0.39, 0.29) is 34.9 Å². The molecule has 0 radical (unpaired) electrons. The molecule has 1 amide bonds. The molecular formula is C19H14Cl2N4O4. The average Bonchev–Trinajstić information content (AvgIpc) is 2.69. The molecule has 0 fully saturated rings. The van der Waals surface area contributed by atoms with Gasteiger partial charge < -0.3 is 5.32 Å². The number of nitro benzene ring substituents is 1. The van der Waals surface area contributed by atoms with Crippen LogP contribution in [0.25, 0.3) is 11.3 Å². The van der Waals surface area contributed by atoms with Crippen LogP contribution in [0.1, 0.15) is 10.4 Å². The summed E-state index contributed by atoms with van der Waals surface area (Å²) in [5, 5.41) is 18.7. The van der Waals surface area contributed by atoms with E-state index in [9.17, 15) is 19.7 Å². The van der Waals surface area contributed by atoms with E-state index in [1.165, 1.54) is 28.9 Å². The van der Waals surface area contributed by atoms with Crippen LogP contribution >= 0.6 is 23.2 Å². The van der Waals surface area contributed by atoms with Crippen molar-refractivity contribution in [3.63, 3.8) is 0 Å². The fraction of sp³-hybridized carbons (Fsp3) is 0.105. The van der Waals surface area contributed by atoms with Gasteiger partial charge in [-0.3, -0.25) is 19.7 Å². The number of hydrogen-bond donors (Lipinski definition) is 1. The zero-order chi connectivity index (χ0) is 21.0. The largest absolute Gasteiger partial charge is 0.350 e. The molecule has 29 heavy (non-hydrogen) atoms. The number of benzene rings is 2. The van der Waals surface area contributed by atoms with Gasteiger partial charge in [0.15, 0.2) is 0 Å². The quantitative estimate of drug-likeness (QED) is 0.473. The van der Waals surface area contributed by atoms with Crippen LogP contribution in [-0.4, -0.2) is 27.2 Å². The van der Waals surface area contributed by atoms with Gasteiger partial charge in [0.25, 0.3) is 17.2 Å². The number of hydrogen-bond acceptors (Lipinski definition) is 5. The zero-order valence-corrected chi connectivity index (χ0v) is 16.4. The van der Waals surface area contributed by atoms with Crippen LogP contribution in [0.4, 0.5) is 5.69 Å². The lowest BCUT2D eigenvalue weighted by atomic mass is 10.1. The van der Waals surface area contributed by atoms with E-state index in [1.807, 2.05) is 0 Å². The van der Waals surface area contributed by atoms with Crippen molar-refractivity contribution in [2.24, 2.45) is 0 Å². The van der Waals surface area contributed by atoms with Crippen molar-refractivity contribution < 1.29 is 9.72 Å². The topological polar surface area (TPSA) is 107 Å². The summed E-state index contributed by atoms with van der Waals surface area (Å²) in [7, 11) is 0. The Labute approximate surface area is 174 Å². The summed E-state index contributed by atoms with van der Waals surface area (Å²) in [6, 6.07) is 13.7. The number of nitro groups is 1. The van der Waals surface area contributed by atoms with Crippen LogP contribution in [0, 0.1) is 10.1 Å². The molecular weight excluding hydrogens is 419 g/mol. The molecule has 0 aliphatic heterocycles. The second kappa shape index (κ2) is 8.85. The third kappa shape index (κ3) is 4.98. The van der Waals surface area contributed by atoms with Crippen molar-refractivity contribution in [2.75, 3.05) is 6.54 Å². The Morgan fingerprint density at radius 1 is 1.07 bits per heavy atom. The number of carbonyl (C=O) groups is 1. The molecule has 0 saturated heterocycles. The van der Waals surface area contributed by atoms with Crippen LogP contribution < -0.4 is 10.9 Å². The molecule has 0 aliphatic carbocycles. The number of halogens is 2. The molecule has 8 nitrogen and oxygen atoms in total. The average molecular weight is 433 g/mol. The van der Waals surface area contributed by atoms with Crippen molar-refractivity contribution in [3.8, 4) is 11.3 Å². The Balaban J connectivity index is 1.72. The van der Waals surface area contributed by atoms with Gasteiger partial charge in [0, 0.05) is 34.3 Å². The molecule has 0 aliphatic rings. The Morgan fingerprint density at radius 3 is 2.45 bits per heavy atom. The maximum atomic E-state index is 12.3. The van der Waals surface area contributed by atoms with Gasteiger partial charge >= 0.3 is 0 Å². The van der Waals surface area contributed by atoms with Gasteiger partial charge in [-0.05, 0) is 30.3 Å². The van der Waals surface area contributed by atoms with E-state index in [0.717, 1.165) is 5.56 Å². The smallest absolute Gasteiger partial charge is 0.282 e. The van der Waals surface area contributed by atoms with Crippen LogP contribution in [-0.2, 0) is 6.54 Å². The number of rotatable bonds is 6. The van der Waals surface area contributed by atoms with E-state index < -0.39 is 10.8 Å². The highest BCUT2D eigenvalue weighted by Gasteiger charge is 2.20. The molecule has 10 heteroatoms. The van der Waals surface area contributed by atoms with E-state index in [2.05, 4.69) is 10.4 Å². The Kier molecular flexibility index (Phi) is 6.26. The van der Waals surface area contributed by atoms with E-state index >= 15 is 0 Å². The van der Waals surface area contributed by atoms with Gasteiger partial charge in [-0.15, -0.1) is 0 Å². The Morgan fingerprint density at radius 2 is 1.76 bits per heavy atom. The number of amides is 1. The predicted octanol–water partition coefficient (Wildman–Crippen LogP) is 3.56. The van der Waals surface area contributed by atoms with E-state index in [0.29, 0.717) is 10.7 Å². The normalized spacial score (nSPS) is 10.6. The van der Waals surface area contributed by atoms with E-state index in [4.69, 9.17) is 23.2 Å². The van der Waals surface area contributed by atoms with Gasteiger partial charge in [0.1, 0.15) is 5.56 Å². The molecule has 0 atom stereocenters. The molecule has 3 aromatic rings. The third-order valence-electron chi connectivity index (χ3n) is 4.02. The fourth-order valence-corrected chi connectivity index (χ4v) is 2.90. The lowest BCUT2D eigenvalue weighted by molar-refractivity contribution is -0.385. The molecule has 0 unspecified atom stereocenters. The molecule has 0 saturated carbocycles. The number of carbonyl (C=O) groups excluding carboxylic acids is 1. The SMILES string of the molecule is O=C(NCCn1nc(-c2ccc(Cl)cc2)ccc1=O)c1cc(Cl)ccc1[N+](=O)[O-]. The lowest BCUT2D eigenvalue weighted by Crippen LogP contribution is -2.32. The first-order valence-electron chi connectivity index (χ1n) is 8.41. The van der Waals surface area contributed by atoms with Crippen molar-refractivity contribution >= 4 is 34.8 Å². The lowest BCUT2D eigenvalue weighted by Gasteiger charge is -2.09. The highest BCUT2D eigenvalue weighted by atomic mass is 35.5. The summed E-state index contributed by atoms with van der Waals surface area (Å²) in [5.41, 5.74) is 0.496. The molecule has 1 heterocycles. The molecule has 2 aromatic carbocycles. The first-order chi connectivity index (χ1) is 13.8. The van der Waals surface area contributed by atoms with Gasteiger partial charge in [-0.1, -0.05) is 35.3 Å². The summed E-state index contributed by atoms with van der Waals surface area (Å²) < 4.78 is 1.20. The Bertz CT molecular complexity index is 1130. The zero-order valence-electron chi connectivity index (χ0n) is 14.8. The second-order valence-electron chi connectivity index (χ2n) is 5.96. The summed E-state index contributed by atoms with van der Waals surface area (Å²) in [6.45, 7) is 0.125. The van der Waals surface area contributed by atoms with Crippen LogP contribution in [0.3, 0.4) is 0 Å². The molecule has 148 valence electrons. The summed E-state index contributed by atoms with van der Waals surface area (Å²) >= 11 is 11.7. The maximum absolute atomic E-state index is 12.3. The summed E-state index contributed by atoms with van der Waals surface area (Å²) in [4.78, 5) is 34.8. The molecule has 3 rings (SSSR count). The van der Waals surface area contributed by atoms with Crippen LogP contribution in [0.5, 0.6) is 0 Å². The van der Waals surface area contributed by atoms with Crippen LogP contribution in [0.15, 0.2) is 59.4 Å². The maximum Gasteiger partial charge on any atom is 0.282 e. The van der Waals surface area contributed by atoms with Crippen LogP contribution in [0.2, 0.25) is 10.0 Å². The summed E-state index contributed by atoms with van der Waals surface area (Å²) in [5.74, 6) is -0.666. The fourth-order valence-electron chi connectivity index (χ4n) is 2.60. The number of aromatic nitrogens is 2. The minimum atomic E-state index is -0.666. The third-order valence-corrected chi connectivity index (χ3v) is 4.50. The van der Waals surface area contributed by atoms with Gasteiger partial charge in [-0.25, -0.2) is 4.68 Å². The number of nitrogens with one attached hydrogen (secondary N) is 1.